The number of nitrogens with one attached hydrogen (secondary N) is 1. The quantitative estimate of drug-likeness (QED) is 0.302. The minimum atomic E-state index is -4.31. The first-order valence-corrected chi connectivity index (χ1v) is 20.4. The summed E-state index contributed by atoms with van der Waals surface area (Å²) in [6, 6.07) is 12.7. The summed E-state index contributed by atoms with van der Waals surface area (Å²) in [5.74, 6) is 0.416. The van der Waals surface area contributed by atoms with E-state index in [9.17, 15) is 27.6 Å². The molecule has 2 aromatic carbocycles. The Morgan fingerprint density at radius 2 is 1.61 bits per heavy atom. The van der Waals surface area contributed by atoms with E-state index in [4.69, 9.17) is 9.97 Å². The van der Waals surface area contributed by atoms with Crippen LogP contribution in [0.2, 0.25) is 0 Å². The Kier molecular flexibility index (Phi) is 10.0. The van der Waals surface area contributed by atoms with E-state index >= 15 is 0 Å². The number of fused-ring (bicyclic) bond motifs is 3. The van der Waals surface area contributed by atoms with E-state index in [0.717, 1.165) is 87.5 Å². The van der Waals surface area contributed by atoms with E-state index in [1.54, 1.807) is 22.2 Å². The highest BCUT2D eigenvalue weighted by Crippen LogP contribution is 2.49. The maximum absolute atomic E-state index is 13.9. The smallest absolute Gasteiger partial charge is 0.369 e. The SMILES string of the molecule is C[C@@H]1CC2=C(Cc3ccccc32)[C@@H](c2cnc(N3CCC(CCN4CCN(c5ccc6c(c5)CN(C5CCC(=O)NC5=O)C6=O)CC4)CC3)nc2)N1CC(F)(F)F. The molecule has 6 heterocycles. The van der Waals surface area contributed by atoms with Crippen molar-refractivity contribution in [1.29, 1.82) is 0 Å². The summed E-state index contributed by atoms with van der Waals surface area (Å²) in [5, 5.41) is 2.37. The summed E-state index contributed by atoms with van der Waals surface area (Å²) in [4.78, 5) is 57.0. The van der Waals surface area contributed by atoms with Crippen molar-refractivity contribution in [2.45, 2.75) is 82.7 Å². The van der Waals surface area contributed by atoms with Gasteiger partial charge in [0.2, 0.25) is 17.8 Å². The number of benzene rings is 2. The molecule has 1 unspecified atom stereocenters. The van der Waals surface area contributed by atoms with Crippen molar-refractivity contribution < 1.29 is 27.6 Å². The van der Waals surface area contributed by atoms with Gasteiger partial charge in [-0.25, -0.2) is 9.97 Å². The first kappa shape index (κ1) is 37.7. The Morgan fingerprint density at radius 3 is 2.35 bits per heavy atom. The average Bonchev–Trinajstić information content (AvgIpc) is 3.73. The van der Waals surface area contributed by atoms with E-state index in [1.807, 2.05) is 31.2 Å². The molecule has 11 nitrogen and oxygen atoms in total. The zero-order valence-corrected chi connectivity index (χ0v) is 32.3. The third kappa shape index (κ3) is 7.53. The molecule has 14 heteroatoms. The average molecular weight is 783 g/mol. The van der Waals surface area contributed by atoms with Gasteiger partial charge in [-0.05, 0) is 104 Å². The van der Waals surface area contributed by atoms with Crippen LogP contribution in [0.3, 0.4) is 0 Å². The normalized spacial score (nSPS) is 24.9. The summed E-state index contributed by atoms with van der Waals surface area (Å²) in [6.07, 6.45) is 4.25. The molecular formula is C43H49F3N8O3. The molecule has 1 N–H and O–H groups in total. The maximum Gasteiger partial charge on any atom is 0.401 e. The fourth-order valence-corrected chi connectivity index (χ4v) is 10.1. The van der Waals surface area contributed by atoms with Gasteiger partial charge in [-0.3, -0.25) is 29.5 Å². The molecule has 0 saturated carbocycles. The summed E-state index contributed by atoms with van der Waals surface area (Å²) >= 11 is 0. The number of anilines is 2. The van der Waals surface area contributed by atoms with E-state index in [0.29, 0.717) is 48.8 Å². The number of carbonyl (C=O) groups is 3. The van der Waals surface area contributed by atoms with Crippen LogP contribution in [0.5, 0.6) is 0 Å². The molecular weight excluding hydrogens is 734 g/mol. The van der Waals surface area contributed by atoms with Gasteiger partial charge >= 0.3 is 6.18 Å². The number of hydrogen-bond acceptors (Lipinski definition) is 9. The number of carbonyl (C=O) groups excluding carboxylic acids is 3. The zero-order chi connectivity index (χ0) is 39.4. The highest BCUT2D eigenvalue weighted by atomic mass is 19.4. The Balaban J connectivity index is 0.761. The Labute approximate surface area is 330 Å². The first-order valence-electron chi connectivity index (χ1n) is 20.4. The van der Waals surface area contributed by atoms with Crippen LogP contribution in [0.1, 0.15) is 84.1 Å². The third-order valence-corrected chi connectivity index (χ3v) is 13.2. The van der Waals surface area contributed by atoms with Crippen molar-refractivity contribution in [3.63, 3.8) is 0 Å². The number of nitrogens with zero attached hydrogens (tertiary/aromatic N) is 7. The lowest BCUT2D eigenvalue weighted by molar-refractivity contribution is -0.155. The van der Waals surface area contributed by atoms with Gasteiger partial charge in [-0.1, -0.05) is 24.3 Å². The second kappa shape index (κ2) is 15.2. The molecule has 6 aliphatic rings. The predicted octanol–water partition coefficient (Wildman–Crippen LogP) is 5.37. The van der Waals surface area contributed by atoms with Crippen LogP contribution in [0.4, 0.5) is 24.8 Å². The Bertz CT molecular complexity index is 2070. The van der Waals surface area contributed by atoms with Gasteiger partial charge in [0.1, 0.15) is 6.04 Å². The lowest BCUT2D eigenvalue weighted by Gasteiger charge is -2.42. The molecule has 0 spiro atoms. The number of amides is 3. The number of piperazine rings is 1. The number of aromatic nitrogens is 2. The van der Waals surface area contributed by atoms with Crippen LogP contribution in [-0.4, -0.2) is 113 Å². The van der Waals surface area contributed by atoms with E-state index < -0.39 is 30.7 Å². The topological polar surface area (TPSA) is 105 Å². The van der Waals surface area contributed by atoms with Crippen LogP contribution in [0, 0.1) is 5.92 Å². The third-order valence-electron chi connectivity index (χ3n) is 13.2. The van der Waals surface area contributed by atoms with E-state index in [2.05, 4.69) is 38.2 Å². The predicted molar refractivity (Wildman–Crippen MR) is 209 cm³/mol. The summed E-state index contributed by atoms with van der Waals surface area (Å²) in [5.41, 5.74) is 7.92. The van der Waals surface area contributed by atoms with Gasteiger partial charge in [-0.2, -0.15) is 13.2 Å². The number of rotatable bonds is 8. The van der Waals surface area contributed by atoms with Gasteiger partial charge in [0.25, 0.3) is 5.91 Å². The van der Waals surface area contributed by atoms with Crippen LogP contribution in [0.25, 0.3) is 5.57 Å². The molecule has 3 amide bonds. The Hall–Kier alpha value is -4.82. The molecule has 0 bridgehead atoms. The summed E-state index contributed by atoms with van der Waals surface area (Å²) in [7, 11) is 0. The monoisotopic (exact) mass is 782 g/mol. The number of hydrogen-bond donors (Lipinski definition) is 1. The first-order chi connectivity index (χ1) is 27.5. The lowest BCUT2D eigenvalue weighted by Crippen LogP contribution is -2.52. The molecule has 3 atom stereocenters. The zero-order valence-electron chi connectivity index (χ0n) is 32.3. The molecule has 5 aliphatic heterocycles. The second-order valence-electron chi connectivity index (χ2n) is 16.7. The number of alkyl halides is 3. The van der Waals surface area contributed by atoms with Gasteiger partial charge in [0, 0.05) is 87.5 Å². The Morgan fingerprint density at radius 1 is 0.860 bits per heavy atom. The largest absolute Gasteiger partial charge is 0.401 e. The van der Waals surface area contributed by atoms with Crippen LogP contribution in [-0.2, 0) is 22.6 Å². The summed E-state index contributed by atoms with van der Waals surface area (Å²) < 4.78 is 41.6. The standard InChI is InChI=1S/C43H49F3N8O3/c1-27-20-35-33-5-3-2-4-29(33)22-36(35)39(54(27)26-43(44,45)46)31-23-47-42(48-24-31)52-14-11-28(12-15-52)10-13-50-16-18-51(19-17-50)32-6-7-34-30(21-32)25-53(41(34)57)37-8-9-38(55)49-40(37)56/h2-7,21,23-24,27-28,37,39H,8-20,22,25-26H2,1H3,(H,49,55,56)/t27-,37?,39-/m1/s1. The van der Waals surface area contributed by atoms with Crippen molar-refractivity contribution in [2.75, 3.05) is 62.2 Å². The lowest BCUT2D eigenvalue weighted by atomic mass is 9.86. The molecule has 57 heavy (non-hydrogen) atoms. The van der Waals surface area contributed by atoms with Gasteiger partial charge in [0.15, 0.2) is 0 Å². The fourth-order valence-electron chi connectivity index (χ4n) is 10.1. The van der Waals surface area contributed by atoms with Crippen molar-refractivity contribution in [3.05, 3.63) is 88.2 Å². The molecule has 0 radical (unpaired) electrons. The van der Waals surface area contributed by atoms with Crippen molar-refractivity contribution in [3.8, 4) is 0 Å². The van der Waals surface area contributed by atoms with Gasteiger partial charge < -0.3 is 14.7 Å². The molecule has 3 fully saturated rings. The van der Waals surface area contributed by atoms with E-state index in [1.165, 1.54) is 11.1 Å². The van der Waals surface area contributed by atoms with Crippen molar-refractivity contribution >= 4 is 34.9 Å². The van der Waals surface area contributed by atoms with Gasteiger partial charge in [-0.15, -0.1) is 0 Å². The number of imide groups is 1. The summed E-state index contributed by atoms with van der Waals surface area (Å²) in [6.45, 7) is 7.76. The van der Waals surface area contributed by atoms with E-state index in [-0.39, 0.29) is 24.3 Å². The number of piperidine rings is 2. The molecule has 1 aromatic heterocycles. The minimum Gasteiger partial charge on any atom is -0.369 e. The highest BCUT2D eigenvalue weighted by molar-refractivity contribution is 6.05. The van der Waals surface area contributed by atoms with Crippen LogP contribution < -0.4 is 15.1 Å². The molecule has 1 aliphatic carbocycles. The van der Waals surface area contributed by atoms with Crippen LogP contribution >= 0.6 is 0 Å². The molecule has 9 rings (SSSR count). The maximum atomic E-state index is 13.9. The second-order valence-corrected chi connectivity index (χ2v) is 16.7. The van der Waals surface area contributed by atoms with Crippen molar-refractivity contribution in [1.82, 2.24) is 30.0 Å². The molecule has 300 valence electrons. The molecule has 3 saturated heterocycles. The highest BCUT2D eigenvalue weighted by Gasteiger charge is 2.44. The van der Waals surface area contributed by atoms with Crippen LogP contribution in [0.15, 0.2) is 60.4 Å². The van der Waals surface area contributed by atoms with Gasteiger partial charge in [0.05, 0.1) is 12.6 Å². The van der Waals surface area contributed by atoms with Crippen molar-refractivity contribution in [2.24, 2.45) is 5.92 Å². The minimum absolute atomic E-state index is 0.150. The fraction of sp³-hybridized carbons (Fsp3) is 0.512. The molecule has 3 aromatic rings. The number of halogens is 3.